The summed E-state index contributed by atoms with van der Waals surface area (Å²) >= 11 is 0. The van der Waals surface area contributed by atoms with Crippen molar-refractivity contribution in [3.05, 3.63) is 66.9 Å². The fourth-order valence-corrected chi connectivity index (χ4v) is 2.82. The second kappa shape index (κ2) is 5.57. The van der Waals surface area contributed by atoms with E-state index in [1.165, 1.54) is 0 Å². The Balaban J connectivity index is 1.91. The molecule has 0 atom stereocenters. The molecule has 0 fully saturated rings. The van der Waals surface area contributed by atoms with Crippen molar-refractivity contribution in [1.82, 2.24) is 15.2 Å². The van der Waals surface area contributed by atoms with Crippen LogP contribution in [0.2, 0.25) is 0 Å². The fraction of sp³-hybridized carbons (Fsp3) is 0.0526. The van der Waals surface area contributed by atoms with Gasteiger partial charge in [-0.25, -0.2) is 4.98 Å². The third-order valence-electron chi connectivity index (χ3n) is 3.98. The van der Waals surface area contributed by atoms with Crippen molar-refractivity contribution in [3.63, 3.8) is 0 Å². The van der Waals surface area contributed by atoms with Crippen molar-refractivity contribution >= 4 is 16.7 Å². The summed E-state index contributed by atoms with van der Waals surface area (Å²) in [7, 11) is 1.93. The van der Waals surface area contributed by atoms with Crippen LogP contribution in [-0.2, 0) is 0 Å². The van der Waals surface area contributed by atoms with E-state index in [9.17, 15) is 0 Å². The van der Waals surface area contributed by atoms with E-state index in [0.29, 0.717) is 0 Å². The lowest BCUT2D eigenvalue weighted by Gasteiger charge is -2.08. The number of aromatic amines is 1. The van der Waals surface area contributed by atoms with Crippen LogP contribution in [0.1, 0.15) is 0 Å². The van der Waals surface area contributed by atoms with Gasteiger partial charge in [-0.2, -0.15) is 5.10 Å². The molecule has 112 valence electrons. The Morgan fingerprint density at radius 3 is 2.52 bits per heavy atom. The van der Waals surface area contributed by atoms with Crippen molar-refractivity contribution in [1.29, 1.82) is 0 Å². The summed E-state index contributed by atoms with van der Waals surface area (Å²) in [5.74, 6) is 0. The summed E-state index contributed by atoms with van der Waals surface area (Å²) in [6, 6.07) is 20.6. The average molecular weight is 300 g/mol. The Bertz CT molecular complexity index is 957. The van der Waals surface area contributed by atoms with Gasteiger partial charge in [-0.05, 0) is 12.1 Å². The van der Waals surface area contributed by atoms with Gasteiger partial charge in [0, 0.05) is 41.0 Å². The first-order chi connectivity index (χ1) is 11.4. The summed E-state index contributed by atoms with van der Waals surface area (Å²) in [5, 5.41) is 11.7. The second-order valence-electron chi connectivity index (χ2n) is 5.36. The SMILES string of the molecule is CNc1ccccc1-c1cnc2n[nH]c(-c3ccccc3)c2c1. The van der Waals surface area contributed by atoms with Crippen LogP contribution in [0.25, 0.3) is 33.4 Å². The Morgan fingerprint density at radius 1 is 0.913 bits per heavy atom. The number of fused-ring (bicyclic) bond motifs is 1. The van der Waals surface area contributed by atoms with E-state index in [2.05, 4.69) is 50.8 Å². The lowest BCUT2D eigenvalue weighted by Crippen LogP contribution is -1.92. The summed E-state index contributed by atoms with van der Waals surface area (Å²) in [6.45, 7) is 0. The number of hydrogen-bond acceptors (Lipinski definition) is 3. The molecule has 0 amide bonds. The van der Waals surface area contributed by atoms with Gasteiger partial charge in [0.25, 0.3) is 0 Å². The maximum Gasteiger partial charge on any atom is 0.181 e. The van der Waals surface area contributed by atoms with Crippen molar-refractivity contribution in [2.75, 3.05) is 12.4 Å². The molecule has 0 aliphatic heterocycles. The smallest absolute Gasteiger partial charge is 0.181 e. The molecule has 0 spiro atoms. The Hall–Kier alpha value is -3.14. The van der Waals surface area contributed by atoms with Gasteiger partial charge in [-0.15, -0.1) is 0 Å². The zero-order valence-corrected chi connectivity index (χ0v) is 12.7. The molecule has 2 aromatic carbocycles. The second-order valence-corrected chi connectivity index (χ2v) is 5.36. The van der Waals surface area contributed by atoms with E-state index >= 15 is 0 Å². The minimum Gasteiger partial charge on any atom is -0.388 e. The van der Waals surface area contributed by atoms with E-state index in [-0.39, 0.29) is 0 Å². The number of H-pyrrole nitrogens is 1. The van der Waals surface area contributed by atoms with Gasteiger partial charge in [0.2, 0.25) is 0 Å². The number of nitrogens with zero attached hydrogens (tertiary/aromatic N) is 2. The molecule has 2 heterocycles. The Labute approximate surface area is 134 Å². The zero-order chi connectivity index (χ0) is 15.6. The minimum absolute atomic E-state index is 0.731. The van der Waals surface area contributed by atoms with Gasteiger partial charge < -0.3 is 5.32 Å². The van der Waals surface area contributed by atoms with E-state index < -0.39 is 0 Å². The molecule has 2 aromatic heterocycles. The maximum atomic E-state index is 4.51. The first-order valence-corrected chi connectivity index (χ1v) is 7.53. The highest BCUT2D eigenvalue weighted by Gasteiger charge is 2.11. The predicted octanol–water partition coefficient (Wildman–Crippen LogP) is 4.33. The van der Waals surface area contributed by atoms with Crippen molar-refractivity contribution in [2.45, 2.75) is 0 Å². The Kier molecular flexibility index (Phi) is 3.27. The molecule has 4 nitrogen and oxygen atoms in total. The van der Waals surface area contributed by atoms with Crippen molar-refractivity contribution in [2.24, 2.45) is 0 Å². The van der Waals surface area contributed by atoms with E-state index in [1.54, 1.807) is 0 Å². The average Bonchev–Trinajstić information content (AvgIpc) is 3.05. The molecule has 0 saturated heterocycles. The van der Waals surface area contributed by atoms with E-state index in [4.69, 9.17) is 0 Å². The molecular formula is C19H16N4. The molecule has 0 unspecified atom stereocenters. The third-order valence-corrected chi connectivity index (χ3v) is 3.98. The number of benzene rings is 2. The van der Waals surface area contributed by atoms with Crippen LogP contribution in [-0.4, -0.2) is 22.2 Å². The number of anilines is 1. The van der Waals surface area contributed by atoms with Gasteiger partial charge in [0.15, 0.2) is 5.65 Å². The first kappa shape index (κ1) is 13.5. The molecule has 0 aliphatic carbocycles. The minimum atomic E-state index is 0.731. The zero-order valence-electron chi connectivity index (χ0n) is 12.7. The number of hydrogen-bond donors (Lipinski definition) is 2. The first-order valence-electron chi connectivity index (χ1n) is 7.53. The van der Waals surface area contributed by atoms with Crippen LogP contribution >= 0.6 is 0 Å². The fourth-order valence-electron chi connectivity index (χ4n) is 2.82. The number of nitrogens with one attached hydrogen (secondary N) is 2. The highest BCUT2D eigenvalue weighted by Crippen LogP contribution is 2.32. The highest BCUT2D eigenvalue weighted by atomic mass is 15.1. The number of pyridine rings is 1. The lowest BCUT2D eigenvalue weighted by molar-refractivity contribution is 1.10. The molecular weight excluding hydrogens is 284 g/mol. The van der Waals surface area contributed by atoms with Crippen LogP contribution in [0.15, 0.2) is 66.9 Å². The lowest BCUT2D eigenvalue weighted by atomic mass is 10.0. The van der Waals surface area contributed by atoms with Crippen LogP contribution in [0, 0.1) is 0 Å². The molecule has 4 rings (SSSR count). The van der Waals surface area contributed by atoms with Crippen LogP contribution in [0.5, 0.6) is 0 Å². The number of aromatic nitrogens is 3. The highest BCUT2D eigenvalue weighted by molar-refractivity contribution is 5.94. The molecule has 0 aliphatic rings. The van der Waals surface area contributed by atoms with Crippen LogP contribution in [0.4, 0.5) is 5.69 Å². The van der Waals surface area contributed by atoms with Gasteiger partial charge >= 0.3 is 0 Å². The van der Waals surface area contributed by atoms with Gasteiger partial charge in [-0.3, -0.25) is 5.10 Å². The van der Waals surface area contributed by atoms with E-state index in [1.807, 2.05) is 43.6 Å². The van der Waals surface area contributed by atoms with E-state index in [0.717, 1.165) is 39.1 Å². The molecule has 0 radical (unpaired) electrons. The van der Waals surface area contributed by atoms with Gasteiger partial charge in [-0.1, -0.05) is 48.5 Å². The summed E-state index contributed by atoms with van der Waals surface area (Å²) in [4.78, 5) is 4.51. The molecule has 0 bridgehead atoms. The van der Waals surface area contributed by atoms with Crippen molar-refractivity contribution < 1.29 is 0 Å². The van der Waals surface area contributed by atoms with Crippen LogP contribution in [0.3, 0.4) is 0 Å². The monoisotopic (exact) mass is 300 g/mol. The summed E-state index contributed by atoms with van der Waals surface area (Å²) in [5.41, 5.74) is 6.12. The number of rotatable bonds is 3. The predicted molar refractivity (Wildman–Crippen MR) is 94.3 cm³/mol. The molecule has 2 N–H and O–H groups in total. The van der Waals surface area contributed by atoms with Gasteiger partial charge in [0.05, 0.1) is 5.69 Å². The topological polar surface area (TPSA) is 53.6 Å². The Morgan fingerprint density at radius 2 is 1.70 bits per heavy atom. The molecule has 23 heavy (non-hydrogen) atoms. The standard InChI is InChI=1S/C19H16N4/c1-20-17-10-6-5-9-15(17)14-11-16-18(13-7-3-2-4-8-13)22-23-19(16)21-12-14/h2-12,20H,1H3,(H,21,22,23). The number of para-hydroxylation sites is 1. The third kappa shape index (κ3) is 2.34. The maximum absolute atomic E-state index is 4.51. The summed E-state index contributed by atoms with van der Waals surface area (Å²) in [6.07, 6.45) is 1.87. The normalized spacial score (nSPS) is 10.8. The van der Waals surface area contributed by atoms with Gasteiger partial charge in [0.1, 0.15) is 0 Å². The quantitative estimate of drug-likeness (QED) is 0.592. The summed E-state index contributed by atoms with van der Waals surface area (Å²) < 4.78 is 0. The van der Waals surface area contributed by atoms with Crippen molar-refractivity contribution in [3.8, 4) is 22.4 Å². The molecule has 0 saturated carbocycles. The largest absolute Gasteiger partial charge is 0.388 e. The molecule has 4 aromatic rings. The molecule has 4 heteroatoms. The van der Waals surface area contributed by atoms with Crippen LogP contribution < -0.4 is 5.32 Å².